The Morgan fingerprint density at radius 1 is 1.19 bits per heavy atom. The van der Waals surface area contributed by atoms with Gasteiger partial charge in [0.15, 0.2) is 0 Å². The molecule has 1 aliphatic heterocycles. The minimum Gasteiger partial charge on any atom is -0.378 e. The van der Waals surface area contributed by atoms with Crippen molar-refractivity contribution in [1.29, 1.82) is 0 Å². The molecule has 0 amide bonds. The normalized spacial score (nSPS) is 13.0. The molecule has 2 aromatic rings. The van der Waals surface area contributed by atoms with Gasteiger partial charge in [-0.25, -0.2) is 4.39 Å². The van der Waals surface area contributed by atoms with Crippen molar-refractivity contribution in [3.8, 4) is 11.8 Å². The number of benzene rings is 1. The standard InChI is InChI=1S/C17H16FN3/c1-21(2)14-7-4-12(5-8-14)3-6-13-11-15-16(18)9-10-19-17(15)20-13/h4-5,7-8,11H,9-10H2,1-2H3,(H,19,20). The quantitative estimate of drug-likeness (QED) is 0.791. The Hall–Kier alpha value is -2.54. The molecular formula is C17H16FN3. The summed E-state index contributed by atoms with van der Waals surface area (Å²) in [4.78, 5) is 9.35. The number of rotatable bonds is 1. The van der Waals surface area contributed by atoms with Crippen LogP contribution in [0.2, 0.25) is 0 Å². The fourth-order valence-electron chi connectivity index (χ4n) is 2.23. The molecule has 0 atom stereocenters. The van der Waals surface area contributed by atoms with Crippen LogP contribution in [0.4, 0.5) is 10.1 Å². The number of halogens is 1. The van der Waals surface area contributed by atoms with E-state index in [9.17, 15) is 4.39 Å². The number of hydrogen-bond donors (Lipinski definition) is 1. The van der Waals surface area contributed by atoms with E-state index in [0.717, 1.165) is 11.3 Å². The van der Waals surface area contributed by atoms with E-state index in [0.29, 0.717) is 29.4 Å². The first-order valence-electron chi connectivity index (χ1n) is 6.85. The van der Waals surface area contributed by atoms with Crippen LogP contribution in [-0.2, 0) is 0 Å². The van der Waals surface area contributed by atoms with Crippen LogP contribution in [0.15, 0.2) is 35.3 Å². The number of fused-ring (bicyclic) bond motifs is 1. The molecule has 0 unspecified atom stereocenters. The van der Waals surface area contributed by atoms with E-state index in [1.165, 1.54) is 0 Å². The van der Waals surface area contributed by atoms with Crippen molar-refractivity contribution in [1.82, 2.24) is 4.98 Å². The third kappa shape index (κ3) is 2.82. The van der Waals surface area contributed by atoms with Crippen molar-refractivity contribution in [2.45, 2.75) is 6.42 Å². The summed E-state index contributed by atoms with van der Waals surface area (Å²) < 4.78 is 13.7. The zero-order chi connectivity index (χ0) is 14.8. The van der Waals surface area contributed by atoms with E-state index in [-0.39, 0.29) is 5.83 Å². The lowest BCUT2D eigenvalue weighted by molar-refractivity contribution is 0.681. The summed E-state index contributed by atoms with van der Waals surface area (Å²) in [5.74, 6) is 5.99. The first-order chi connectivity index (χ1) is 10.1. The average molecular weight is 281 g/mol. The molecular weight excluding hydrogens is 265 g/mol. The van der Waals surface area contributed by atoms with Crippen LogP contribution in [0.3, 0.4) is 0 Å². The Balaban J connectivity index is 1.90. The summed E-state index contributed by atoms with van der Waals surface area (Å²) >= 11 is 0. The summed E-state index contributed by atoms with van der Waals surface area (Å²) in [5, 5.41) is 0.550. The Labute approximate surface area is 122 Å². The van der Waals surface area contributed by atoms with E-state index in [1.54, 1.807) is 6.07 Å². The molecule has 3 rings (SSSR count). The van der Waals surface area contributed by atoms with Crippen molar-refractivity contribution in [2.24, 2.45) is 4.99 Å². The van der Waals surface area contributed by atoms with Gasteiger partial charge in [0.1, 0.15) is 11.3 Å². The molecule has 0 bridgehead atoms. The van der Waals surface area contributed by atoms with E-state index >= 15 is 0 Å². The first kappa shape index (κ1) is 13.4. The molecule has 1 aliphatic rings. The lowest BCUT2D eigenvalue weighted by Crippen LogP contribution is -2.28. The van der Waals surface area contributed by atoms with E-state index in [2.05, 4.69) is 21.8 Å². The highest BCUT2D eigenvalue weighted by molar-refractivity contribution is 5.50. The molecule has 4 heteroatoms. The lowest BCUT2D eigenvalue weighted by Gasteiger charge is -2.11. The molecule has 0 radical (unpaired) electrons. The smallest absolute Gasteiger partial charge is 0.135 e. The summed E-state index contributed by atoms with van der Waals surface area (Å²) in [7, 11) is 4.00. The van der Waals surface area contributed by atoms with Crippen LogP contribution in [0.25, 0.3) is 5.83 Å². The van der Waals surface area contributed by atoms with Gasteiger partial charge in [-0.1, -0.05) is 5.92 Å². The van der Waals surface area contributed by atoms with Crippen molar-refractivity contribution in [3.05, 3.63) is 52.3 Å². The zero-order valence-corrected chi connectivity index (χ0v) is 12.1. The Morgan fingerprint density at radius 2 is 1.95 bits per heavy atom. The van der Waals surface area contributed by atoms with E-state index < -0.39 is 0 Å². The van der Waals surface area contributed by atoms with Crippen LogP contribution in [0, 0.1) is 11.8 Å². The number of hydrogen-bond acceptors (Lipinski definition) is 2. The second-order valence-corrected chi connectivity index (χ2v) is 5.17. The Kier molecular flexibility index (Phi) is 3.49. The largest absolute Gasteiger partial charge is 0.378 e. The SMILES string of the molecule is CN(C)c1ccc(C#Cc2cc3c([nH]2)=NCCC=3F)cc1. The zero-order valence-electron chi connectivity index (χ0n) is 12.1. The number of H-pyrrole nitrogens is 1. The molecule has 1 aromatic heterocycles. The van der Waals surface area contributed by atoms with Gasteiger partial charge in [-0.15, -0.1) is 0 Å². The average Bonchev–Trinajstić information content (AvgIpc) is 2.90. The maximum atomic E-state index is 13.7. The van der Waals surface area contributed by atoms with Crippen molar-refractivity contribution in [2.75, 3.05) is 25.5 Å². The molecule has 2 heterocycles. The van der Waals surface area contributed by atoms with Crippen LogP contribution in [0.5, 0.6) is 0 Å². The summed E-state index contributed by atoms with van der Waals surface area (Å²) in [5.41, 5.74) is 3.35. The minimum atomic E-state index is -0.111. The van der Waals surface area contributed by atoms with Gasteiger partial charge in [0.05, 0.1) is 10.9 Å². The first-order valence-corrected chi connectivity index (χ1v) is 6.85. The predicted molar refractivity (Wildman–Crippen MR) is 82.3 cm³/mol. The molecule has 0 spiro atoms. The summed E-state index contributed by atoms with van der Waals surface area (Å²) in [6.45, 7) is 0.498. The van der Waals surface area contributed by atoms with Gasteiger partial charge in [-0.05, 0) is 36.3 Å². The number of nitrogens with one attached hydrogen (secondary N) is 1. The van der Waals surface area contributed by atoms with Crippen molar-refractivity contribution < 1.29 is 4.39 Å². The van der Waals surface area contributed by atoms with Gasteiger partial charge in [0, 0.05) is 38.3 Å². The van der Waals surface area contributed by atoms with Crippen LogP contribution in [-0.4, -0.2) is 25.6 Å². The highest BCUT2D eigenvalue weighted by Gasteiger charge is 2.06. The van der Waals surface area contributed by atoms with Gasteiger partial charge in [-0.2, -0.15) is 0 Å². The Bertz CT molecular complexity index is 833. The second kappa shape index (κ2) is 5.45. The monoisotopic (exact) mass is 281 g/mol. The second-order valence-electron chi connectivity index (χ2n) is 5.17. The van der Waals surface area contributed by atoms with Gasteiger partial charge >= 0.3 is 0 Å². The van der Waals surface area contributed by atoms with Crippen LogP contribution >= 0.6 is 0 Å². The molecule has 0 fully saturated rings. The highest BCUT2D eigenvalue weighted by atomic mass is 19.1. The lowest BCUT2D eigenvalue weighted by atomic mass is 10.2. The maximum Gasteiger partial charge on any atom is 0.135 e. The van der Waals surface area contributed by atoms with Crippen molar-refractivity contribution >= 4 is 11.5 Å². The van der Waals surface area contributed by atoms with Gasteiger partial charge in [-0.3, -0.25) is 4.99 Å². The van der Waals surface area contributed by atoms with E-state index in [4.69, 9.17) is 0 Å². The van der Waals surface area contributed by atoms with Gasteiger partial charge < -0.3 is 9.88 Å². The third-order valence-corrected chi connectivity index (χ3v) is 3.42. The number of nitrogens with zero attached hydrogens (tertiary/aromatic N) is 2. The van der Waals surface area contributed by atoms with Crippen LogP contribution < -0.4 is 15.6 Å². The number of aromatic nitrogens is 1. The fraction of sp³-hybridized carbons (Fsp3) is 0.235. The molecule has 0 aliphatic carbocycles. The summed E-state index contributed by atoms with van der Waals surface area (Å²) in [6.07, 6.45) is 0.379. The minimum absolute atomic E-state index is 0.111. The van der Waals surface area contributed by atoms with Crippen molar-refractivity contribution in [3.63, 3.8) is 0 Å². The Morgan fingerprint density at radius 3 is 2.62 bits per heavy atom. The molecule has 3 nitrogen and oxygen atoms in total. The molecule has 21 heavy (non-hydrogen) atoms. The van der Waals surface area contributed by atoms with Crippen LogP contribution in [0.1, 0.15) is 17.7 Å². The molecule has 1 aromatic carbocycles. The molecule has 0 saturated heterocycles. The highest BCUT2D eigenvalue weighted by Crippen LogP contribution is 2.11. The maximum absolute atomic E-state index is 13.7. The predicted octanol–water partition coefficient (Wildman–Crippen LogP) is 1.58. The molecule has 106 valence electrons. The third-order valence-electron chi connectivity index (χ3n) is 3.42. The summed E-state index contributed by atoms with van der Waals surface area (Å²) in [6, 6.07) is 9.72. The molecule has 0 saturated carbocycles. The molecule has 1 N–H and O–H groups in total. The fourth-order valence-corrected chi connectivity index (χ4v) is 2.23. The van der Waals surface area contributed by atoms with Gasteiger partial charge in [0.2, 0.25) is 0 Å². The number of aromatic amines is 1. The van der Waals surface area contributed by atoms with Gasteiger partial charge in [0.25, 0.3) is 0 Å². The van der Waals surface area contributed by atoms with E-state index in [1.807, 2.05) is 43.3 Å². The number of anilines is 1. The topological polar surface area (TPSA) is 31.4 Å².